The summed E-state index contributed by atoms with van der Waals surface area (Å²) in [6, 6.07) is 7.27. The van der Waals surface area contributed by atoms with Crippen molar-refractivity contribution >= 4 is 28.2 Å². The molecule has 11 nitrogen and oxygen atoms in total. The number of fused-ring (bicyclic) bond motifs is 2. The molecule has 2 fully saturated rings. The van der Waals surface area contributed by atoms with E-state index < -0.39 is 0 Å². The Bertz CT molecular complexity index is 1600. The molecule has 0 radical (unpaired) electrons. The molecule has 45 heavy (non-hydrogen) atoms. The Hall–Kier alpha value is -4.34. The largest absolute Gasteiger partial charge is 0.461 e. The fraction of sp³-hybridized carbons (Fsp3) is 0.485. The summed E-state index contributed by atoms with van der Waals surface area (Å²) < 4.78 is 26.8. The third-order valence-electron chi connectivity index (χ3n) is 8.39. The molecule has 3 aliphatic rings. The normalized spacial score (nSPS) is 18.5. The molecule has 2 aliphatic heterocycles. The highest BCUT2D eigenvalue weighted by molar-refractivity contribution is 5.94. The molecule has 4 heterocycles. The lowest BCUT2D eigenvalue weighted by Gasteiger charge is -2.42. The number of hydrogen-bond donors (Lipinski definition) is 0. The van der Waals surface area contributed by atoms with Gasteiger partial charge < -0.3 is 29.1 Å². The van der Waals surface area contributed by atoms with Gasteiger partial charge in [0, 0.05) is 61.3 Å². The molecule has 12 heteroatoms. The summed E-state index contributed by atoms with van der Waals surface area (Å²) in [4.78, 5) is 35.2. The maximum atomic E-state index is 15.0. The van der Waals surface area contributed by atoms with Gasteiger partial charge in [0.1, 0.15) is 18.2 Å². The molecular formula is C33H39FN8O3. The highest BCUT2D eigenvalue weighted by Crippen LogP contribution is 2.35. The van der Waals surface area contributed by atoms with E-state index in [1.165, 1.54) is 6.07 Å². The van der Waals surface area contributed by atoms with Crippen LogP contribution in [-0.4, -0.2) is 103 Å². The molecule has 0 unspecified atom stereocenters. The molecule has 1 aliphatic carbocycles. The first-order valence-corrected chi connectivity index (χ1v) is 15.6. The van der Waals surface area contributed by atoms with Crippen molar-refractivity contribution < 1.29 is 18.7 Å². The van der Waals surface area contributed by atoms with Gasteiger partial charge in [0.05, 0.1) is 55.4 Å². The second-order valence-electron chi connectivity index (χ2n) is 12.0. The number of aromatic nitrogens is 3. The van der Waals surface area contributed by atoms with E-state index in [4.69, 9.17) is 19.4 Å². The van der Waals surface area contributed by atoms with E-state index in [1.54, 1.807) is 29.4 Å². The van der Waals surface area contributed by atoms with Crippen LogP contribution in [0.4, 0.5) is 15.9 Å². The quantitative estimate of drug-likeness (QED) is 0.236. The van der Waals surface area contributed by atoms with Crippen LogP contribution in [0.5, 0.6) is 6.01 Å². The molecule has 1 atom stereocenters. The number of halogens is 1. The van der Waals surface area contributed by atoms with Gasteiger partial charge in [-0.15, -0.1) is 0 Å². The van der Waals surface area contributed by atoms with Crippen molar-refractivity contribution in [1.82, 2.24) is 24.8 Å². The predicted molar refractivity (Wildman–Crippen MR) is 169 cm³/mol. The Balaban J connectivity index is 1.27. The molecule has 0 spiro atoms. The van der Waals surface area contributed by atoms with E-state index in [9.17, 15) is 10.1 Å². The smallest absolute Gasteiger partial charge is 0.318 e. The second-order valence-corrected chi connectivity index (χ2v) is 12.0. The summed E-state index contributed by atoms with van der Waals surface area (Å²) in [6.07, 6.45) is 10.2. The maximum absolute atomic E-state index is 15.0. The molecular weight excluding hydrogens is 575 g/mol. The number of ether oxygens (including phenoxy) is 2. The Labute approximate surface area is 262 Å². The van der Waals surface area contributed by atoms with E-state index in [0.717, 1.165) is 41.0 Å². The van der Waals surface area contributed by atoms with Crippen LogP contribution in [0.1, 0.15) is 30.5 Å². The summed E-state index contributed by atoms with van der Waals surface area (Å²) in [7, 11) is 3.89. The van der Waals surface area contributed by atoms with Crippen LogP contribution in [0, 0.1) is 17.1 Å². The average molecular weight is 615 g/mol. The zero-order chi connectivity index (χ0) is 31.3. The number of amides is 1. The lowest BCUT2D eigenvalue weighted by molar-refractivity contribution is -0.128. The van der Waals surface area contributed by atoms with Gasteiger partial charge in [-0.3, -0.25) is 9.78 Å². The molecule has 236 valence electrons. The number of piperazine rings is 1. The third-order valence-corrected chi connectivity index (χ3v) is 8.39. The van der Waals surface area contributed by atoms with Gasteiger partial charge in [-0.25, -0.2) is 4.39 Å². The van der Waals surface area contributed by atoms with Gasteiger partial charge >= 0.3 is 6.01 Å². The average Bonchev–Trinajstić information content (AvgIpc) is 3.87. The molecule has 1 saturated carbocycles. The molecule has 1 saturated heterocycles. The van der Waals surface area contributed by atoms with Crippen LogP contribution in [-0.2, 0) is 22.5 Å². The highest BCUT2D eigenvalue weighted by Gasteiger charge is 2.33. The first kappa shape index (κ1) is 30.7. The molecule has 1 aromatic carbocycles. The topological polar surface area (TPSA) is 111 Å². The standard InChI is InChI=1S/C33H39FN8O3/c1-39(2)13-4-7-30(43)42-16-15-41(21-24(42)10-12-35)32-26-11-14-40(29-20-36-19-23-5-3-6-27(34)31(23)29)22-28(26)37-33(38-32)45-18-17-44-25-8-9-25/h3-7,19-20,24-25H,8-11,13-18,21-22H2,1-2H3/b7-4+/t24-/m0/s1. The highest BCUT2D eigenvalue weighted by atomic mass is 19.1. The Morgan fingerprint density at radius 3 is 2.82 bits per heavy atom. The maximum Gasteiger partial charge on any atom is 0.318 e. The number of anilines is 2. The van der Waals surface area contributed by atoms with Crippen molar-refractivity contribution in [2.24, 2.45) is 0 Å². The Kier molecular flexibility index (Phi) is 9.37. The van der Waals surface area contributed by atoms with Crippen molar-refractivity contribution in [3.8, 4) is 12.1 Å². The van der Waals surface area contributed by atoms with Gasteiger partial charge in [-0.05, 0) is 39.4 Å². The Morgan fingerprint density at radius 1 is 1.16 bits per heavy atom. The number of carbonyl (C=O) groups is 1. The van der Waals surface area contributed by atoms with E-state index in [0.29, 0.717) is 70.4 Å². The minimum Gasteiger partial charge on any atom is -0.461 e. The predicted octanol–water partition coefficient (Wildman–Crippen LogP) is 3.33. The van der Waals surface area contributed by atoms with Crippen molar-refractivity contribution in [1.29, 1.82) is 5.26 Å². The summed E-state index contributed by atoms with van der Waals surface area (Å²) >= 11 is 0. The van der Waals surface area contributed by atoms with E-state index in [1.807, 2.05) is 31.1 Å². The molecule has 6 rings (SSSR count). The second kappa shape index (κ2) is 13.7. The monoisotopic (exact) mass is 614 g/mol. The van der Waals surface area contributed by atoms with Crippen LogP contribution in [0.25, 0.3) is 10.8 Å². The van der Waals surface area contributed by atoms with Gasteiger partial charge in [-0.1, -0.05) is 18.2 Å². The molecule has 3 aromatic rings. The number of nitrogens with zero attached hydrogens (tertiary/aromatic N) is 8. The van der Waals surface area contributed by atoms with Crippen molar-refractivity contribution in [3.05, 3.63) is 59.8 Å². The van der Waals surface area contributed by atoms with Crippen LogP contribution >= 0.6 is 0 Å². The molecule has 0 N–H and O–H groups in total. The lowest BCUT2D eigenvalue weighted by Crippen LogP contribution is -2.55. The minimum absolute atomic E-state index is 0.0901. The number of nitriles is 1. The third kappa shape index (κ3) is 7.16. The summed E-state index contributed by atoms with van der Waals surface area (Å²) in [5.41, 5.74) is 2.53. The summed E-state index contributed by atoms with van der Waals surface area (Å²) in [5, 5.41) is 10.9. The van der Waals surface area contributed by atoms with Crippen LogP contribution < -0.4 is 14.5 Å². The van der Waals surface area contributed by atoms with Crippen molar-refractivity contribution in [3.63, 3.8) is 0 Å². The van der Waals surface area contributed by atoms with E-state index in [-0.39, 0.29) is 30.2 Å². The van der Waals surface area contributed by atoms with Crippen molar-refractivity contribution in [2.75, 3.05) is 69.8 Å². The zero-order valence-corrected chi connectivity index (χ0v) is 25.9. The first-order chi connectivity index (χ1) is 21.9. The summed E-state index contributed by atoms with van der Waals surface area (Å²) in [5.74, 6) is 0.386. The van der Waals surface area contributed by atoms with Crippen LogP contribution in [0.3, 0.4) is 0 Å². The Morgan fingerprint density at radius 2 is 2.02 bits per heavy atom. The minimum atomic E-state index is -0.286. The first-order valence-electron chi connectivity index (χ1n) is 15.6. The molecule has 1 amide bonds. The number of benzene rings is 1. The number of carbonyl (C=O) groups excluding carboxylic acids is 1. The molecule has 0 bridgehead atoms. The number of rotatable bonds is 11. The SMILES string of the molecule is CN(C)C/C=C/C(=O)N1CCN(c2nc(OCCOC3CC3)nc3c2CCN(c2cncc4cccc(F)c24)C3)C[C@@H]1CC#N. The van der Waals surface area contributed by atoms with E-state index in [2.05, 4.69) is 20.9 Å². The number of likely N-dealkylation sites (N-methyl/N-ethyl adjacent to an activating group) is 1. The summed E-state index contributed by atoms with van der Waals surface area (Å²) in [6.45, 7) is 4.01. The van der Waals surface area contributed by atoms with Gasteiger partial charge in [-0.2, -0.15) is 15.2 Å². The van der Waals surface area contributed by atoms with Gasteiger partial charge in [0.15, 0.2) is 0 Å². The number of hydrogen-bond acceptors (Lipinski definition) is 10. The molecule has 2 aromatic heterocycles. The fourth-order valence-corrected chi connectivity index (χ4v) is 5.99. The van der Waals surface area contributed by atoms with E-state index >= 15 is 4.39 Å². The van der Waals surface area contributed by atoms with Crippen LogP contribution in [0.2, 0.25) is 0 Å². The van der Waals surface area contributed by atoms with Gasteiger partial charge in [0.2, 0.25) is 5.91 Å². The zero-order valence-electron chi connectivity index (χ0n) is 25.9. The fourth-order valence-electron chi connectivity index (χ4n) is 5.99. The lowest BCUT2D eigenvalue weighted by atomic mass is 10.0. The van der Waals surface area contributed by atoms with Gasteiger partial charge in [0.25, 0.3) is 0 Å². The van der Waals surface area contributed by atoms with Crippen molar-refractivity contribution in [2.45, 2.75) is 44.4 Å². The van der Waals surface area contributed by atoms with Crippen LogP contribution in [0.15, 0.2) is 42.7 Å². The number of pyridine rings is 1.